The van der Waals surface area contributed by atoms with Gasteiger partial charge in [0, 0.05) is 23.5 Å². The number of hydrogen-bond donors (Lipinski definition) is 0. The summed E-state index contributed by atoms with van der Waals surface area (Å²) in [7, 11) is 0. The molecular formula is C11H15N3. The summed E-state index contributed by atoms with van der Waals surface area (Å²) in [6, 6.07) is 0. The van der Waals surface area contributed by atoms with Crippen LogP contribution in [0.5, 0.6) is 0 Å². The maximum atomic E-state index is 4.33. The highest BCUT2D eigenvalue weighted by Crippen LogP contribution is 2.22. The van der Waals surface area contributed by atoms with Crippen LogP contribution in [0.15, 0.2) is 18.6 Å². The molecule has 0 N–H and O–H groups in total. The van der Waals surface area contributed by atoms with Gasteiger partial charge in [-0.25, -0.2) is 4.98 Å². The average molecular weight is 189 g/mol. The lowest BCUT2D eigenvalue weighted by Gasteiger charge is -2.17. The molecule has 3 nitrogen and oxygen atoms in total. The van der Waals surface area contributed by atoms with Gasteiger partial charge < -0.3 is 4.40 Å². The first-order valence-electron chi connectivity index (χ1n) is 4.79. The van der Waals surface area contributed by atoms with E-state index in [1.165, 1.54) is 5.69 Å². The van der Waals surface area contributed by atoms with Gasteiger partial charge in [0.1, 0.15) is 0 Å². The van der Waals surface area contributed by atoms with Crippen LogP contribution < -0.4 is 0 Å². The van der Waals surface area contributed by atoms with Crippen LogP contribution in [0.25, 0.3) is 5.65 Å². The molecule has 2 heterocycles. The van der Waals surface area contributed by atoms with Gasteiger partial charge in [0.25, 0.3) is 0 Å². The lowest BCUT2D eigenvalue weighted by molar-refractivity contribution is 0.563. The van der Waals surface area contributed by atoms with E-state index in [-0.39, 0.29) is 5.41 Å². The van der Waals surface area contributed by atoms with Gasteiger partial charge >= 0.3 is 0 Å². The summed E-state index contributed by atoms with van der Waals surface area (Å²) < 4.78 is 2.11. The van der Waals surface area contributed by atoms with Crippen LogP contribution in [0.1, 0.15) is 32.2 Å². The quantitative estimate of drug-likeness (QED) is 0.636. The standard InChI is InChI=1S/C11H15N3/c1-8-7-14-9(11(2,3)4)5-13-10(14)6-12-8/h5-7H,1-4H3. The second-order valence-electron chi connectivity index (χ2n) is 4.65. The smallest absolute Gasteiger partial charge is 0.155 e. The first kappa shape index (κ1) is 9.19. The molecule has 0 aromatic carbocycles. The van der Waals surface area contributed by atoms with Gasteiger partial charge in [0.05, 0.1) is 11.9 Å². The fraction of sp³-hybridized carbons (Fsp3) is 0.455. The molecule has 2 rings (SSSR count). The summed E-state index contributed by atoms with van der Waals surface area (Å²) >= 11 is 0. The van der Waals surface area contributed by atoms with E-state index in [2.05, 4.69) is 35.1 Å². The number of fused-ring (bicyclic) bond motifs is 1. The SMILES string of the molecule is Cc1cn2c(C(C)(C)C)cnc2cn1. The van der Waals surface area contributed by atoms with Crippen molar-refractivity contribution in [2.24, 2.45) is 0 Å². The number of imidazole rings is 1. The largest absolute Gasteiger partial charge is 0.300 e. The Morgan fingerprint density at radius 3 is 2.50 bits per heavy atom. The minimum atomic E-state index is 0.118. The fourth-order valence-electron chi connectivity index (χ4n) is 1.54. The molecule has 0 unspecified atom stereocenters. The second-order valence-corrected chi connectivity index (χ2v) is 4.65. The first-order valence-corrected chi connectivity index (χ1v) is 4.79. The van der Waals surface area contributed by atoms with Gasteiger partial charge in [-0.2, -0.15) is 0 Å². The van der Waals surface area contributed by atoms with E-state index in [1.54, 1.807) is 0 Å². The van der Waals surface area contributed by atoms with E-state index in [4.69, 9.17) is 0 Å². The van der Waals surface area contributed by atoms with Gasteiger partial charge in [0.2, 0.25) is 0 Å². The Morgan fingerprint density at radius 2 is 1.86 bits per heavy atom. The van der Waals surface area contributed by atoms with Crippen LogP contribution in [-0.4, -0.2) is 14.4 Å². The van der Waals surface area contributed by atoms with E-state index < -0.39 is 0 Å². The molecule has 0 spiro atoms. The van der Waals surface area contributed by atoms with E-state index in [9.17, 15) is 0 Å². The summed E-state index contributed by atoms with van der Waals surface area (Å²) in [5.74, 6) is 0. The van der Waals surface area contributed by atoms with Crippen molar-refractivity contribution in [3.63, 3.8) is 0 Å². The molecular weight excluding hydrogens is 174 g/mol. The Balaban J connectivity index is 2.73. The Hall–Kier alpha value is -1.38. The molecule has 74 valence electrons. The predicted molar refractivity (Wildman–Crippen MR) is 56.4 cm³/mol. The summed E-state index contributed by atoms with van der Waals surface area (Å²) in [4.78, 5) is 8.55. The van der Waals surface area contributed by atoms with E-state index in [0.717, 1.165) is 11.3 Å². The van der Waals surface area contributed by atoms with Crippen molar-refractivity contribution < 1.29 is 0 Å². The van der Waals surface area contributed by atoms with Gasteiger partial charge in [-0.15, -0.1) is 0 Å². The Morgan fingerprint density at radius 1 is 1.14 bits per heavy atom. The topological polar surface area (TPSA) is 30.2 Å². The molecule has 3 heteroatoms. The maximum Gasteiger partial charge on any atom is 0.155 e. The molecule has 0 aliphatic rings. The second kappa shape index (κ2) is 2.80. The van der Waals surface area contributed by atoms with Crippen molar-refractivity contribution in [1.82, 2.24) is 14.4 Å². The van der Waals surface area contributed by atoms with Crippen LogP contribution >= 0.6 is 0 Å². The maximum absolute atomic E-state index is 4.33. The molecule has 14 heavy (non-hydrogen) atoms. The van der Waals surface area contributed by atoms with Gasteiger partial charge in [-0.3, -0.25) is 4.98 Å². The van der Waals surface area contributed by atoms with Crippen LogP contribution in [-0.2, 0) is 5.41 Å². The minimum absolute atomic E-state index is 0.118. The number of aromatic nitrogens is 3. The summed E-state index contributed by atoms with van der Waals surface area (Å²) in [6.45, 7) is 8.55. The zero-order valence-corrected chi connectivity index (χ0v) is 9.07. The van der Waals surface area contributed by atoms with Gasteiger partial charge in [0.15, 0.2) is 5.65 Å². The zero-order chi connectivity index (χ0) is 10.3. The van der Waals surface area contributed by atoms with Crippen LogP contribution in [0, 0.1) is 6.92 Å². The highest BCUT2D eigenvalue weighted by atomic mass is 15.0. The number of hydrogen-bond acceptors (Lipinski definition) is 2. The third-order valence-corrected chi connectivity index (χ3v) is 2.29. The molecule has 0 saturated heterocycles. The third kappa shape index (κ3) is 1.39. The lowest BCUT2D eigenvalue weighted by Crippen LogP contribution is -2.14. The van der Waals surface area contributed by atoms with Gasteiger partial charge in [-0.05, 0) is 6.92 Å². The number of nitrogens with zero attached hydrogens (tertiary/aromatic N) is 3. The Labute approximate surface area is 83.8 Å². The molecule has 0 aliphatic carbocycles. The van der Waals surface area contributed by atoms with E-state index in [0.29, 0.717) is 0 Å². The number of aryl methyl sites for hydroxylation is 1. The van der Waals surface area contributed by atoms with Crippen molar-refractivity contribution >= 4 is 5.65 Å². The highest BCUT2D eigenvalue weighted by molar-refractivity contribution is 5.39. The Bertz CT molecular complexity index is 463. The molecule has 0 aliphatic heterocycles. The van der Waals surface area contributed by atoms with Crippen molar-refractivity contribution in [1.29, 1.82) is 0 Å². The molecule has 0 radical (unpaired) electrons. The summed E-state index contributed by atoms with van der Waals surface area (Å²) in [5, 5.41) is 0. The van der Waals surface area contributed by atoms with Crippen LogP contribution in [0.3, 0.4) is 0 Å². The normalized spacial score (nSPS) is 12.3. The first-order chi connectivity index (χ1) is 6.48. The number of rotatable bonds is 0. The van der Waals surface area contributed by atoms with Crippen molar-refractivity contribution in [3.8, 4) is 0 Å². The van der Waals surface area contributed by atoms with Crippen LogP contribution in [0.4, 0.5) is 0 Å². The molecule has 2 aromatic rings. The summed E-state index contributed by atoms with van der Waals surface area (Å²) in [5.41, 5.74) is 3.27. The molecule has 0 fully saturated rings. The van der Waals surface area contributed by atoms with Crippen molar-refractivity contribution in [2.75, 3.05) is 0 Å². The molecule has 0 bridgehead atoms. The Kier molecular flexibility index (Phi) is 1.84. The average Bonchev–Trinajstić information content (AvgIpc) is 2.45. The van der Waals surface area contributed by atoms with E-state index >= 15 is 0 Å². The molecule has 0 atom stereocenters. The fourth-order valence-corrected chi connectivity index (χ4v) is 1.54. The monoisotopic (exact) mass is 189 g/mol. The third-order valence-electron chi connectivity index (χ3n) is 2.29. The highest BCUT2D eigenvalue weighted by Gasteiger charge is 2.18. The minimum Gasteiger partial charge on any atom is -0.300 e. The molecule has 0 saturated carbocycles. The van der Waals surface area contributed by atoms with Crippen molar-refractivity contribution in [2.45, 2.75) is 33.1 Å². The molecule has 0 amide bonds. The molecule has 2 aromatic heterocycles. The lowest BCUT2D eigenvalue weighted by atomic mass is 9.93. The van der Waals surface area contributed by atoms with Crippen LogP contribution in [0.2, 0.25) is 0 Å². The van der Waals surface area contributed by atoms with Gasteiger partial charge in [-0.1, -0.05) is 20.8 Å². The zero-order valence-electron chi connectivity index (χ0n) is 9.07. The van der Waals surface area contributed by atoms with Crippen molar-refractivity contribution in [3.05, 3.63) is 30.0 Å². The summed E-state index contributed by atoms with van der Waals surface area (Å²) in [6.07, 6.45) is 5.77. The predicted octanol–water partition coefficient (Wildman–Crippen LogP) is 2.34. The van der Waals surface area contributed by atoms with E-state index in [1.807, 2.05) is 25.5 Å².